The van der Waals surface area contributed by atoms with E-state index in [9.17, 15) is 4.79 Å². The summed E-state index contributed by atoms with van der Waals surface area (Å²) in [6.45, 7) is 5.80. The van der Waals surface area contributed by atoms with Crippen molar-refractivity contribution in [1.82, 2.24) is 4.98 Å². The molecular formula is C33H34N2O3. The van der Waals surface area contributed by atoms with Gasteiger partial charge >= 0.3 is 6.09 Å². The SMILES string of the molecule is C1=C(Cc2c[nH]c3ccccc23)Cc2ccccc21.COCC#Cc1ccccc1NC(=O)OC(C)(C)C. The van der Waals surface area contributed by atoms with Crippen LogP contribution in [0.2, 0.25) is 0 Å². The van der Waals surface area contributed by atoms with Gasteiger partial charge in [-0.1, -0.05) is 78.1 Å². The van der Waals surface area contributed by atoms with Crippen LogP contribution in [0.3, 0.4) is 0 Å². The largest absolute Gasteiger partial charge is 0.444 e. The fourth-order valence-corrected chi connectivity index (χ4v) is 4.31. The van der Waals surface area contributed by atoms with Crippen molar-refractivity contribution in [3.8, 4) is 11.8 Å². The van der Waals surface area contributed by atoms with Gasteiger partial charge in [0.25, 0.3) is 0 Å². The number of ether oxygens (including phenoxy) is 2. The molecule has 0 atom stereocenters. The number of carbonyl (C=O) groups is 1. The van der Waals surface area contributed by atoms with Gasteiger partial charge in [0.2, 0.25) is 0 Å². The van der Waals surface area contributed by atoms with Crippen LogP contribution in [0.1, 0.15) is 43.0 Å². The first-order valence-corrected chi connectivity index (χ1v) is 12.7. The third-order valence-electron chi connectivity index (χ3n) is 5.93. The summed E-state index contributed by atoms with van der Waals surface area (Å²) < 4.78 is 10.1. The topological polar surface area (TPSA) is 63.3 Å². The Labute approximate surface area is 224 Å². The standard InChI is InChI=1S/C18H15N.C15H19NO3/c1-2-6-15-10-13(9-14(15)5-1)11-16-12-19-18-8-4-3-7-17(16)18;1-15(2,3)19-14(17)16-13-10-6-5-8-12(13)9-7-11-18-4/h1-9,12,19H,10-11H2;5-6,8,10H,11H2,1-4H3,(H,16,17). The molecule has 1 aliphatic rings. The van der Waals surface area contributed by atoms with E-state index in [0.717, 1.165) is 18.4 Å². The highest BCUT2D eigenvalue weighted by Gasteiger charge is 2.17. The molecule has 5 rings (SSSR count). The highest BCUT2D eigenvalue weighted by Crippen LogP contribution is 2.29. The lowest BCUT2D eigenvalue weighted by Crippen LogP contribution is -2.27. The van der Waals surface area contributed by atoms with Crippen molar-refractivity contribution >= 4 is 28.8 Å². The van der Waals surface area contributed by atoms with Crippen molar-refractivity contribution in [3.63, 3.8) is 0 Å². The van der Waals surface area contributed by atoms with Gasteiger partial charge in [-0.2, -0.15) is 0 Å². The third kappa shape index (κ3) is 7.38. The highest BCUT2D eigenvalue weighted by molar-refractivity contribution is 5.87. The van der Waals surface area contributed by atoms with Crippen molar-refractivity contribution < 1.29 is 14.3 Å². The van der Waals surface area contributed by atoms with Crippen molar-refractivity contribution in [1.29, 1.82) is 0 Å². The molecule has 2 N–H and O–H groups in total. The number of para-hydroxylation sites is 2. The van der Waals surface area contributed by atoms with Gasteiger partial charge in [0.1, 0.15) is 12.2 Å². The fraction of sp³-hybridized carbons (Fsp3) is 0.242. The number of aromatic nitrogens is 1. The van der Waals surface area contributed by atoms with Crippen LogP contribution in [0.5, 0.6) is 0 Å². The molecule has 0 aliphatic heterocycles. The number of anilines is 1. The number of nitrogens with one attached hydrogen (secondary N) is 2. The molecule has 0 bridgehead atoms. The Balaban J connectivity index is 0.000000177. The lowest BCUT2D eigenvalue weighted by molar-refractivity contribution is 0.0636. The predicted octanol–water partition coefficient (Wildman–Crippen LogP) is 7.38. The first-order chi connectivity index (χ1) is 18.3. The van der Waals surface area contributed by atoms with Gasteiger partial charge in [0.15, 0.2) is 0 Å². The van der Waals surface area contributed by atoms with E-state index >= 15 is 0 Å². The number of aromatic amines is 1. The summed E-state index contributed by atoms with van der Waals surface area (Å²) in [5.74, 6) is 5.79. The van der Waals surface area contributed by atoms with Gasteiger partial charge in [0, 0.05) is 29.8 Å². The van der Waals surface area contributed by atoms with Crippen LogP contribution < -0.4 is 5.32 Å². The van der Waals surface area contributed by atoms with Gasteiger partial charge in [-0.3, -0.25) is 5.32 Å². The molecule has 0 radical (unpaired) electrons. The Morgan fingerprint density at radius 2 is 1.74 bits per heavy atom. The number of benzene rings is 3. The van der Waals surface area contributed by atoms with Crippen LogP contribution in [0.15, 0.2) is 84.6 Å². The fourth-order valence-electron chi connectivity index (χ4n) is 4.31. The number of H-pyrrole nitrogens is 1. The quantitative estimate of drug-likeness (QED) is 0.284. The summed E-state index contributed by atoms with van der Waals surface area (Å²) in [5, 5.41) is 4.04. The second-order valence-electron chi connectivity index (χ2n) is 10.1. The van der Waals surface area contributed by atoms with Gasteiger partial charge in [-0.05, 0) is 68.5 Å². The Hall–Kier alpha value is -4.27. The van der Waals surface area contributed by atoms with Crippen molar-refractivity contribution in [2.24, 2.45) is 0 Å². The molecule has 5 heteroatoms. The molecule has 38 heavy (non-hydrogen) atoms. The molecule has 5 nitrogen and oxygen atoms in total. The Bertz CT molecular complexity index is 1500. The van der Waals surface area contributed by atoms with Gasteiger partial charge in [-0.15, -0.1) is 0 Å². The van der Waals surface area contributed by atoms with Crippen LogP contribution in [0, 0.1) is 11.8 Å². The maximum absolute atomic E-state index is 11.7. The number of methoxy groups -OCH3 is 1. The molecule has 0 spiro atoms. The molecule has 0 saturated carbocycles. The molecule has 1 aliphatic carbocycles. The average molecular weight is 507 g/mol. The number of carbonyl (C=O) groups excluding carboxylic acids is 1. The number of rotatable bonds is 4. The summed E-state index contributed by atoms with van der Waals surface area (Å²) in [4.78, 5) is 15.1. The molecular weight excluding hydrogens is 472 g/mol. The summed E-state index contributed by atoms with van der Waals surface area (Å²) in [6.07, 6.45) is 6.13. The molecule has 0 unspecified atom stereocenters. The van der Waals surface area contributed by atoms with E-state index < -0.39 is 11.7 Å². The Morgan fingerprint density at radius 1 is 1.00 bits per heavy atom. The van der Waals surface area contributed by atoms with E-state index in [0.29, 0.717) is 12.3 Å². The number of fused-ring (bicyclic) bond motifs is 2. The van der Waals surface area contributed by atoms with E-state index in [-0.39, 0.29) is 0 Å². The van der Waals surface area contributed by atoms with E-state index in [1.54, 1.807) is 13.2 Å². The molecule has 3 aromatic carbocycles. The maximum Gasteiger partial charge on any atom is 0.412 e. The molecule has 1 heterocycles. The van der Waals surface area contributed by atoms with Crippen LogP contribution in [0.4, 0.5) is 10.5 Å². The smallest absolute Gasteiger partial charge is 0.412 e. The zero-order chi connectivity index (χ0) is 27.0. The Morgan fingerprint density at radius 3 is 2.53 bits per heavy atom. The van der Waals surface area contributed by atoms with E-state index in [1.165, 1.54) is 33.2 Å². The number of amides is 1. The predicted molar refractivity (Wildman–Crippen MR) is 155 cm³/mol. The molecule has 194 valence electrons. The number of allylic oxidation sites excluding steroid dienone is 1. The van der Waals surface area contributed by atoms with E-state index in [1.807, 2.05) is 39.0 Å². The normalized spacial score (nSPS) is 11.9. The van der Waals surface area contributed by atoms with E-state index in [4.69, 9.17) is 9.47 Å². The minimum atomic E-state index is -0.527. The zero-order valence-corrected chi connectivity index (χ0v) is 22.4. The van der Waals surface area contributed by atoms with Crippen molar-refractivity contribution in [3.05, 3.63) is 107 Å². The summed E-state index contributed by atoms with van der Waals surface area (Å²) in [7, 11) is 1.58. The monoisotopic (exact) mass is 506 g/mol. The van der Waals surface area contributed by atoms with Crippen molar-refractivity contribution in [2.75, 3.05) is 19.0 Å². The first kappa shape index (κ1) is 26.8. The first-order valence-electron chi connectivity index (χ1n) is 12.7. The molecule has 1 amide bonds. The van der Waals surface area contributed by atoms with Gasteiger partial charge in [-0.25, -0.2) is 4.79 Å². The van der Waals surface area contributed by atoms with Crippen LogP contribution >= 0.6 is 0 Å². The van der Waals surface area contributed by atoms with Crippen LogP contribution in [0.25, 0.3) is 17.0 Å². The average Bonchev–Trinajstić information content (AvgIpc) is 3.48. The second-order valence-corrected chi connectivity index (χ2v) is 10.1. The lowest BCUT2D eigenvalue weighted by Gasteiger charge is -2.20. The summed E-state index contributed by atoms with van der Waals surface area (Å²) in [5.41, 5.74) is 7.80. The Kier molecular flexibility index (Phi) is 8.68. The summed E-state index contributed by atoms with van der Waals surface area (Å²) >= 11 is 0. The molecule has 0 fully saturated rings. The molecule has 0 saturated heterocycles. The maximum atomic E-state index is 11.7. The van der Waals surface area contributed by atoms with Gasteiger partial charge in [0.05, 0.1) is 5.69 Å². The number of hydrogen-bond donors (Lipinski definition) is 2. The minimum absolute atomic E-state index is 0.348. The summed E-state index contributed by atoms with van der Waals surface area (Å²) in [6, 6.07) is 24.5. The number of hydrogen-bond acceptors (Lipinski definition) is 3. The van der Waals surface area contributed by atoms with Crippen LogP contribution in [-0.4, -0.2) is 30.4 Å². The van der Waals surface area contributed by atoms with Crippen molar-refractivity contribution in [2.45, 2.75) is 39.2 Å². The molecule has 4 aromatic rings. The third-order valence-corrected chi connectivity index (χ3v) is 5.93. The zero-order valence-electron chi connectivity index (χ0n) is 22.4. The minimum Gasteiger partial charge on any atom is -0.444 e. The highest BCUT2D eigenvalue weighted by atomic mass is 16.6. The molecule has 1 aromatic heterocycles. The lowest BCUT2D eigenvalue weighted by atomic mass is 10.0. The second kappa shape index (κ2) is 12.3. The van der Waals surface area contributed by atoms with E-state index in [2.05, 4.69) is 82.9 Å². The van der Waals surface area contributed by atoms with Crippen LogP contribution in [-0.2, 0) is 22.3 Å². The van der Waals surface area contributed by atoms with Gasteiger partial charge < -0.3 is 14.5 Å².